The van der Waals surface area contributed by atoms with Gasteiger partial charge in [0.25, 0.3) is 0 Å². The highest BCUT2D eigenvalue weighted by Crippen LogP contribution is 2.15. The Morgan fingerprint density at radius 3 is 1.89 bits per heavy atom. The Bertz CT molecular complexity index is 392. The van der Waals surface area contributed by atoms with E-state index in [0.29, 0.717) is 12.5 Å². The van der Waals surface area contributed by atoms with E-state index >= 15 is 0 Å². The number of nitrogens with one attached hydrogen (secondary N) is 2. The van der Waals surface area contributed by atoms with Gasteiger partial charge in [0.05, 0.1) is 10.5 Å². The summed E-state index contributed by atoms with van der Waals surface area (Å²) in [5, 5.41) is 6.19. The lowest BCUT2D eigenvalue weighted by Crippen LogP contribution is -2.49. The second-order valence-corrected chi connectivity index (χ2v) is 9.17. The van der Waals surface area contributed by atoms with Crippen molar-refractivity contribution in [2.75, 3.05) is 19.3 Å². The zero-order chi connectivity index (χ0) is 14.6. The van der Waals surface area contributed by atoms with Gasteiger partial charge in [-0.1, -0.05) is 0 Å². The summed E-state index contributed by atoms with van der Waals surface area (Å²) in [7, 11) is -1.42. The van der Waals surface area contributed by atoms with Crippen LogP contribution >= 0.6 is 24.0 Å². The van der Waals surface area contributed by atoms with Gasteiger partial charge in [-0.05, 0) is 41.5 Å². The van der Waals surface area contributed by atoms with E-state index in [9.17, 15) is 8.42 Å². The third-order valence-corrected chi connectivity index (χ3v) is 4.92. The van der Waals surface area contributed by atoms with Crippen molar-refractivity contribution in [2.45, 2.75) is 51.8 Å². The molecule has 0 aromatic carbocycles. The molecule has 0 fully saturated rings. The van der Waals surface area contributed by atoms with Gasteiger partial charge in [0.2, 0.25) is 0 Å². The zero-order valence-corrected chi connectivity index (χ0v) is 16.1. The minimum Gasteiger partial charge on any atom is -0.355 e. The summed E-state index contributed by atoms with van der Waals surface area (Å²) < 4.78 is 23.1. The van der Waals surface area contributed by atoms with Crippen LogP contribution in [0.3, 0.4) is 0 Å². The Hall–Kier alpha value is -0.0500. The first-order valence-electron chi connectivity index (χ1n) is 6.10. The van der Waals surface area contributed by atoms with Crippen LogP contribution in [0.4, 0.5) is 0 Å². The van der Waals surface area contributed by atoms with Crippen LogP contribution < -0.4 is 10.6 Å². The number of guanidine groups is 1. The Kier molecular flexibility index (Phi) is 8.57. The van der Waals surface area contributed by atoms with Crippen molar-refractivity contribution in [1.82, 2.24) is 10.6 Å². The summed E-state index contributed by atoms with van der Waals surface area (Å²) in [5.41, 5.74) is -0.106. The Morgan fingerprint density at radius 1 is 1.11 bits per heavy atom. The first kappa shape index (κ1) is 21.3. The maximum absolute atomic E-state index is 11.9. The molecule has 0 aliphatic rings. The fourth-order valence-electron chi connectivity index (χ4n) is 1.14. The number of nitrogens with zero attached hydrogens (tertiary/aromatic N) is 1. The summed E-state index contributed by atoms with van der Waals surface area (Å²) in [6, 6.07) is 0. The molecule has 0 atom stereocenters. The molecule has 0 aliphatic heterocycles. The molecular weight excluding hydrogens is 377 g/mol. The molecule has 0 aliphatic carbocycles. The third-order valence-electron chi connectivity index (χ3n) is 2.31. The van der Waals surface area contributed by atoms with Crippen molar-refractivity contribution in [3.8, 4) is 0 Å². The highest BCUT2D eigenvalue weighted by Gasteiger charge is 2.28. The summed E-state index contributed by atoms with van der Waals surface area (Å²) in [6.45, 7) is 11.6. The van der Waals surface area contributed by atoms with E-state index in [0.717, 1.165) is 0 Å². The second-order valence-electron chi connectivity index (χ2n) is 6.31. The fraction of sp³-hybridized carbons (Fsp3) is 0.917. The van der Waals surface area contributed by atoms with E-state index in [2.05, 4.69) is 15.6 Å². The van der Waals surface area contributed by atoms with Crippen molar-refractivity contribution in [2.24, 2.45) is 4.99 Å². The van der Waals surface area contributed by atoms with Gasteiger partial charge < -0.3 is 10.6 Å². The van der Waals surface area contributed by atoms with Gasteiger partial charge in [0.15, 0.2) is 15.8 Å². The quantitative estimate of drug-likeness (QED) is 0.427. The molecule has 0 rings (SSSR count). The molecule has 0 saturated carbocycles. The lowest BCUT2D eigenvalue weighted by atomic mass is 10.1. The standard InChI is InChI=1S/C12H27N3O2S.HI/c1-11(2,3)15-10(13-7)14-8-9-18(16,17)12(4,5)6;/h8-9H2,1-7H3,(H2,13,14,15);1H. The van der Waals surface area contributed by atoms with Crippen LogP contribution in [0.1, 0.15) is 41.5 Å². The average molecular weight is 405 g/mol. The molecule has 0 amide bonds. The van der Waals surface area contributed by atoms with Gasteiger partial charge in [0.1, 0.15) is 0 Å². The molecule has 0 spiro atoms. The van der Waals surface area contributed by atoms with Crippen molar-refractivity contribution >= 4 is 39.8 Å². The van der Waals surface area contributed by atoms with Crippen molar-refractivity contribution in [3.05, 3.63) is 0 Å². The summed E-state index contributed by atoms with van der Waals surface area (Å²) in [6.07, 6.45) is 0. The smallest absolute Gasteiger partial charge is 0.191 e. The Morgan fingerprint density at radius 2 is 1.58 bits per heavy atom. The summed E-state index contributed by atoms with van der Waals surface area (Å²) in [4.78, 5) is 4.05. The Balaban J connectivity index is 0. The minimum absolute atomic E-state index is 0. The molecule has 0 saturated heterocycles. The highest BCUT2D eigenvalue weighted by atomic mass is 127. The van der Waals surface area contributed by atoms with Crippen LogP contribution in [0, 0.1) is 0 Å². The number of sulfone groups is 1. The normalized spacial score (nSPS) is 13.7. The predicted octanol–water partition coefficient (Wildman–Crippen LogP) is 1.78. The maximum atomic E-state index is 11.9. The number of halogens is 1. The minimum atomic E-state index is -3.09. The second kappa shape index (κ2) is 7.66. The molecule has 0 unspecified atom stereocenters. The van der Waals surface area contributed by atoms with Gasteiger partial charge in [-0.25, -0.2) is 8.42 Å². The molecule has 0 aromatic rings. The number of aliphatic imine (C=N–C) groups is 1. The van der Waals surface area contributed by atoms with Crippen LogP contribution in [0.15, 0.2) is 4.99 Å². The van der Waals surface area contributed by atoms with Crippen molar-refractivity contribution < 1.29 is 8.42 Å². The van der Waals surface area contributed by atoms with Gasteiger partial charge in [-0.15, -0.1) is 24.0 Å². The highest BCUT2D eigenvalue weighted by molar-refractivity contribution is 14.0. The predicted molar refractivity (Wildman–Crippen MR) is 93.2 cm³/mol. The summed E-state index contributed by atoms with van der Waals surface area (Å²) in [5.74, 6) is 0.716. The first-order valence-corrected chi connectivity index (χ1v) is 7.75. The molecular formula is C12H28IN3O2S. The van der Waals surface area contributed by atoms with Gasteiger partial charge >= 0.3 is 0 Å². The lowest BCUT2D eigenvalue weighted by molar-refractivity contribution is 0.502. The Labute approximate surface area is 135 Å². The van der Waals surface area contributed by atoms with Crippen molar-refractivity contribution in [1.29, 1.82) is 0 Å². The number of hydrogen-bond donors (Lipinski definition) is 2. The maximum Gasteiger partial charge on any atom is 0.191 e. The van der Waals surface area contributed by atoms with E-state index in [1.807, 2.05) is 20.8 Å². The van der Waals surface area contributed by atoms with Crippen LogP contribution in [0.2, 0.25) is 0 Å². The van der Waals surface area contributed by atoms with Gasteiger partial charge in [0, 0.05) is 19.1 Å². The third kappa shape index (κ3) is 8.67. The largest absolute Gasteiger partial charge is 0.355 e. The van der Waals surface area contributed by atoms with Gasteiger partial charge in [-0.3, -0.25) is 4.99 Å². The lowest BCUT2D eigenvalue weighted by Gasteiger charge is -2.24. The number of hydrogen-bond acceptors (Lipinski definition) is 3. The molecule has 0 heterocycles. The van der Waals surface area contributed by atoms with E-state index in [4.69, 9.17) is 0 Å². The zero-order valence-electron chi connectivity index (χ0n) is 13.0. The molecule has 116 valence electrons. The molecule has 2 N–H and O–H groups in total. The molecule has 5 nitrogen and oxygen atoms in total. The topological polar surface area (TPSA) is 70.6 Å². The monoisotopic (exact) mass is 405 g/mol. The van der Waals surface area contributed by atoms with Crippen LogP contribution in [-0.4, -0.2) is 44.0 Å². The van der Waals surface area contributed by atoms with Crippen LogP contribution in [0.25, 0.3) is 0 Å². The molecule has 7 heteroatoms. The molecule has 0 bridgehead atoms. The first-order chi connectivity index (χ1) is 7.89. The van der Waals surface area contributed by atoms with E-state index < -0.39 is 14.6 Å². The van der Waals surface area contributed by atoms with E-state index in [-0.39, 0.29) is 35.3 Å². The van der Waals surface area contributed by atoms with E-state index in [1.165, 1.54) is 0 Å². The fourth-order valence-corrected chi connectivity index (χ4v) is 2.13. The SMILES string of the molecule is CN=C(NCCS(=O)(=O)C(C)(C)C)NC(C)(C)C.I. The van der Waals surface area contributed by atoms with E-state index in [1.54, 1.807) is 27.8 Å². The van der Waals surface area contributed by atoms with Crippen LogP contribution in [0.5, 0.6) is 0 Å². The number of rotatable bonds is 3. The molecule has 0 radical (unpaired) electrons. The van der Waals surface area contributed by atoms with Gasteiger partial charge in [-0.2, -0.15) is 0 Å². The van der Waals surface area contributed by atoms with Crippen molar-refractivity contribution in [3.63, 3.8) is 0 Å². The molecule has 0 aromatic heterocycles. The molecule has 19 heavy (non-hydrogen) atoms. The van der Waals surface area contributed by atoms with Crippen LogP contribution in [-0.2, 0) is 9.84 Å². The average Bonchev–Trinajstić information content (AvgIpc) is 2.12. The summed E-state index contributed by atoms with van der Waals surface area (Å²) >= 11 is 0.